The number of imidazole rings is 1. The molecule has 22 heavy (non-hydrogen) atoms. The van der Waals surface area contributed by atoms with Crippen molar-refractivity contribution in [3.05, 3.63) is 24.3 Å². The molecular formula is C17H22N4O. The maximum Gasteiger partial charge on any atom is 0.324 e. The summed E-state index contributed by atoms with van der Waals surface area (Å²) in [6.45, 7) is 1.69. The third-order valence-electron chi connectivity index (χ3n) is 4.82. The number of hydrogen-bond donors (Lipinski definition) is 1. The van der Waals surface area contributed by atoms with E-state index in [1.165, 1.54) is 19.3 Å². The van der Waals surface area contributed by atoms with Crippen molar-refractivity contribution in [1.29, 1.82) is 0 Å². The van der Waals surface area contributed by atoms with E-state index in [2.05, 4.69) is 20.9 Å². The van der Waals surface area contributed by atoms with Crippen LogP contribution in [0.4, 0.5) is 10.7 Å². The van der Waals surface area contributed by atoms with E-state index in [9.17, 15) is 4.79 Å². The van der Waals surface area contributed by atoms with Gasteiger partial charge < -0.3 is 9.88 Å². The predicted octanol–water partition coefficient (Wildman–Crippen LogP) is 3.29. The number of benzene rings is 1. The number of nitrogens with one attached hydrogen (secondary N) is 1. The second-order valence-electron chi connectivity index (χ2n) is 6.34. The van der Waals surface area contributed by atoms with Gasteiger partial charge in [0.1, 0.15) is 0 Å². The van der Waals surface area contributed by atoms with Crippen LogP contribution in [-0.4, -0.2) is 28.2 Å². The van der Waals surface area contributed by atoms with Crippen molar-refractivity contribution in [3.8, 4) is 0 Å². The van der Waals surface area contributed by atoms with Gasteiger partial charge in [-0.15, -0.1) is 0 Å². The van der Waals surface area contributed by atoms with Crippen molar-refractivity contribution < 1.29 is 4.79 Å². The first-order valence-corrected chi connectivity index (χ1v) is 8.36. The molecule has 1 aliphatic heterocycles. The Kier molecular flexibility index (Phi) is 3.48. The summed E-state index contributed by atoms with van der Waals surface area (Å²) in [5, 5.41) is 3.21. The van der Waals surface area contributed by atoms with Crippen LogP contribution in [0.5, 0.6) is 0 Å². The number of fused-ring (bicyclic) bond motifs is 3. The van der Waals surface area contributed by atoms with E-state index in [0.717, 1.165) is 49.3 Å². The highest BCUT2D eigenvalue weighted by Crippen LogP contribution is 2.27. The van der Waals surface area contributed by atoms with Crippen LogP contribution >= 0.6 is 0 Å². The fourth-order valence-electron chi connectivity index (χ4n) is 3.67. The molecule has 0 spiro atoms. The molecule has 0 atom stereocenters. The van der Waals surface area contributed by atoms with Gasteiger partial charge in [0.05, 0.1) is 11.0 Å². The molecule has 1 N–H and O–H groups in total. The number of carbonyl (C=O) groups excluding carboxylic acids is 1. The summed E-state index contributed by atoms with van der Waals surface area (Å²) in [5.41, 5.74) is 2.09. The largest absolute Gasteiger partial charge is 0.335 e. The molecule has 2 heterocycles. The Balaban J connectivity index is 1.60. The Hall–Kier alpha value is -2.04. The van der Waals surface area contributed by atoms with E-state index in [-0.39, 0.29) is 6.03 Å². The van der Waals surface area contributed by atoms with Gasteiger partial charge in [-0.2, -0.15) is 0 Å². The minimum absolute atomic E-state index is 0.0168. The number of rotatable bonds is 1. The fraction of sp³-hybridized carbons (Fsp3) is 0.529. The third kappa shape index (κ3) is 2.34. The van der Waals surface area contributed by atoms with Gasteiger partial charge in [-0.1, -0.05) is 31.4 Å². The Morgan fingerprint density at radius 1 is 1.09 bits per heavy atom. The summed E-state index contributed by atoms with van der Waals surface area (Å²) in [5.74, 6) is 0.792. The molecule has 2 aromatic rings. The minimum Gasteiger partial charge on any atom is -0.335 e. The van der Waals surface area contributed by atoms with Crippen LogP contribution in [0.3, 0.4) is 0 Å². The fourth-order valence-corrected chi connectivity index (χ4v) is 3.67. The molecule has 0 saturated heterocycles. The Labute approximate surface area is 130 Å². The zero-order valence-corrected chi connectivity index (χ0v) is 12.8. The van der Waals surface area contributed by atoms with Crippen molar-refractivity contribution in [1.82, 2.24) is 14.9 Å². The molecular weight excluding hydrogens is 276 g/mol. The van der Waals surface area contributed by atoms with E-state index in [0.29, 0.717) is 6.04 Å². The number of aryl methyl sites for hydroxylation is 1. The van der Waals surface area contributed by atoms with Gasteiger partial charge in [-0.3, -0.25) is 4.90 Å². The Morgan fingerprint density at radius 3 is 2.77 bits per heavy atom. The molecule has 1 aromatic carbocycles. The molecule has 1 aromatic heterocycles. The quantitative estimate of drug-likeness (QED) is 0.878. The molecule has 0 radical (unpaired) electrons. The summed E-state index contributed by atoms with van der Waals surface area (Å²) in [6, 6.07) is 8.46. The SMILES string of the molecule is O=C(NC1CCCCC1)N1CCCn2c1nc1ccccc12. The summed E-state index contributed by atoms with van der Waals surface area (Å²) < 4.78 is 2.17. The van der Waals surface area contributed by atoms with Crippen LogP contribution in [0.25, 0.3) is 11.0 Å². The number of hydrogen-bond acceptors (Lipinski definition) is 2. The van der Waals surface area contributed by atoms with Crippen molar-refractivity contribution in [3.63, 3.8) is 0 Å². The maximum atomic E-state index is 12.7. The van der Waals surface area contributed by atoms with E-state index >= 15 is 0 Å². The highest BCUT2D eigenvalue weighted by molar-refractivity contribution is 5.93. The first kappa shape index (κ1) is 13.6. The van der Waals surface area contributed by atoms with Crippen LogP contribution in [0.15, 0.2) is 24.3 Å². The lowest BCUT2D eigenvalue weighted by Gasteiger charge is -2.30. The monoisotopic (exact) mass is 298 g/mol. The molecule has 0 unspecified atom stereocenters. The molecule has 116 valence electrons. The lowest BCUT2D eigenvalue weighted by Crippen LogP contribution is -2.48. The summed E-state index contributed by atoms with van der Waals surface area (Å²) in [4.78, 5) is 19.2. The molecule has 1 aliphatic carbocycles. The van der Waals surface area contributed by atoms with Gasteiger partial charge in [0.25, 0.3) is 0 Å². The topological polar surface area (TPSA) is 50.2 Å². The molecule has 2 aliphatic rings. The number of nitrogens with zero attached hydrogens (tertiary/aromatic N) is 3. The van der Waals surface area contributed by atoms with Gasteiger partial charge in [0.15, 0.2) is 0 Å². The normalized spacial score (nSPS) is 19.2. The van der Waals surface area contributed by atoms with Crippen molar-refractivity contribution in [2.24, 2.45) is 0 Å². The van der Waals surface area contributed by atoms with Crippen molar-refractivity contribution in [2.45, 2.75) is 51.1 Å². The predicted molar refractivity (Wildman–Crippen MR) is 87.1 cm³/mol. The Morgan fingerprint density at radius 2 is 1.91 bits per heavy atom. The van der Waals surface area contributed by atoms with Gasteiger partial charge in [0, 0.05) is 19.1 Å². The van der Waals surface area contributed by atoms with Gasteiger partial charge in [-0.25, -0.2) is 9.78 Å². The summed E-state index contributed by atoms with van der Waals surface area (Å²) >= 11 is 0. The smallest absolute Gasteiger partial charge is 0.324 e. The minimum atomic E-state index is 0.0168. The van der Waals surface area contributed by atoms with E-state index in [1.54, 1.807) is 0 Å². The van der Waals surface area contributed by atoms with Crippen LogP contribution < -0.4 is 10.2 Å². The van der Waals surface area contributed by atoms with Gasteiger partial charge >= 0.3 is 6.03 Å². The van der Waals surface area contributed by atoms with Crippen LogP contribution in [0.1, 0.15) is 38.5 Å². The van der Waals surface area contributed by atoms with Crippen molar-refractivity contribution in [2.75, 3.05) is 11.4 Å². The lowest BCUT2D eigenvalue weighted by atomic mass is 9.96. The number of urea groups is 1. The zero-order valence-electron chi connectivity index (χ0n) is 12.8. The molecule has 1 saturated carbocycles. The van der Waals surface area contributed by atoms with Crippen LogP contribution in [-0.2, 0) is 6.54 Å². The molecule has 4 rings (SSSR count). The molecule has 1 fully saturated rings. The van der Waals surface area contributed by atoms with E-state index < -0.39 is 0 Å². The van der Waals surface area contributed by atoms with Gasteiger partial charge in [0.2, 0.25) is 5.95 Å². The van der Waals surface area contributed by atoms with E-state index in [4.69, 9.17) is 0 Å². The first-order valence-electron chi connectivity index (χ1n) is 8.36. The average Bonchev–Trinajstić information content (AvgIpc) is 2.94. The standard InChI is InChI=1S/C17H22N4O/c22-17(18-13-7-2-1-3-8-13)21-12-6-11-20-15-10-5-4-9-14(15)19-16(20)21/h4-5,9-10,13H,1-3,6-8,11-12H2,(H,18,22). The highest BCUT2D eigenvalue weighted by atomic mass is 16.2. The van der Waals surface area contributed by atoms with Crippen LogP contribution in [0, 0.1) is 0 Å². The number of para-hydroxylation sites is 2. The number of aromatic nitrogens is 2. The second kappa shape index (κ2) is 5.63. The van der Waals surface area contributed by atoms with Crippen molar-refractivity contribution >= 4 is 23.0 Å². The maximum absolute atomic E-state index is 12.7. The molecule has 0 bridgehead atoms. The summed E-state index contributed by atoms with van der Waals surface area (Å²) in [6.07, 6.45) is 6.94. The highest BCUT2D eigenvalue weighted by Gasteiger charge is 2.27. The molecule has 5 nitrogen and oxygen atoms in total. The molecule has 5 heteroatoms. The molecule has 2 amide bonds. The number of carbonyl (C=O) groups is 1. The average molecular weight is 298 g/mol. The van der Waals surface area contributed by atoms with Gasteiger partial charge in [-0.05, 0) is 31.4 Å². The Bertz CT molecular complexity index is 687. The summed E-state index contributed by atoms with van der Waals surface area (Å²) in [7, 11) is 0. The lowest BCUT2D eigenvalue weighted by molar-refractivity contribution is 0.236. The number of anilines is 1. The first-order chi connectivity index (χ1) is 10.8. The van der Waals surface area contributed by atoms with E-state index in [1.807, 2.05) is 23.1 Å². The number of amides is 2. The third-order valence-corrected chi connectivity index (χ3v) is 4.82. The van der Waals surface area contributed by atoms with Crippen LogP contribution in [0.2, 0.25) is 0 Å². The zero-order chi connectivity index (χ0) is 14.9. The second-order valence-corrected chi connectivity index (χ2v) is 6.34.